The molecule has 0 aliphatic rings. The molecule has 1 rings (SSSR count). The molecule has 0 heterocycles. The van der Waals surface area contributed by atoms with Gasteiger partial charge in [0.2, 0.25) is 5.91 Å². The lowest BCUT2D eigenvalue weighted by Crippen LogP contribution is -2.39. The first kappa shape index (κ1) is 17.5. The van der Waals surface area contributed by atoms with Crippen LogP contribution in [0.15, 0.2) is 24.3 Å². The number of ether oxygens (including phenoxy) is 1. The maximum absolute atomic E-state index is 12.1. The molecule has 22 heavy (non-hydrogen) atoms. The smallest absolute Gasteiger partial charge is 0.255 e. The molecule has 0 saturated heterocycles. The maximum atomic E-state index is 12.1. The van der Waals surface area contributed by atoms with Gasteiger partial charge in [-0.1, -0.05) is 12.1 Å². The van der Waals surface area contributed by atoms with E-state index in [1.165, 1.54) is 4.90 Å². The van der Waals surface area contributed by atoms with Crippen LogP contribution >= 0.6 is 0 Å². The molecule has 118 valence electrons. The van der Waals surface area contributed by atoms with E-state index in [9.17, 15) is 9.59 Å². The number of rotatable bonds is 7. The van der Waals surface area contributed by atoms with Gasteiger partial charge in [0.25, 0.3) is 5.91 Å². The van der Waals surface area contributed by atoms with Crippen LogP contribution in [0.5, 0.6) is 5.75 Å². The average molecular weight is 303 g/mol. The highest BCUT2D eigenvalue weighted by Gasteiger charge is 2.16. The third kappa shape index (κ3) is 5.09. The Hall–Kier alpha value is -2.55. The number of amides is 2. The van der Waals surface area contributed by atoms with Crippen molar-refractivity contribution >= 4 is 11.8 Å². The normalized spacial score (nSPS) is 11.2. The second-order valence-electron chi connectivity index (χ2n) is 4.92. The van der Waals surface area contributed by atoms with Gasteiger partial charge in [-0.15, -0.1) is 0 Å². The summed E-state index contributed by atoms with van der Waals surface area (Å²) in [6, 6.07) is 8.94. The molecule has 1 unspecified atom stereocenters. The number of nitrogens with zero attached hydrogens (tertiary/aromatic N) is 2. The highest BCUT2D eigenvalue weighted by molar-refractivity contribution is 5.98. The van der Waals surface area contributed by atoms with Gasteiger partial charge in [0, 0.05) is 13.6 Å². The Balaban J connectivity index is 2.59. The number of hydrogen-bond donors (Lipinski definition) is 1. The van der Waals surface area contributed by atoms with Crippen LogP contribution < -0.4 is 10.1 Å². The van der Waals surface area contributed by atoms with Crippen LogP contribution in [0.2, 0.25) is 0 Å². The summed E-state index contributed by atoms with van der Waals surface area (Å²) in [4.78, 5) is 25.5. The van der Waals surface area contributed by atoms with Crippen molar-refractivity contribution in [3.05, 3.63) is 29.8 Å². The van der Waals surface area contributed by atoms with E-state index in [0.717, 1.165) is 0 Å². The summed E-state index contributed by atoms with van der Waals surface area (Å²) in [5, 5.41) is 11.3. The fourth-order valence-electron chi connectivity index (χ4n) is 1.88. The van der Waals surface area contributed by atoms with Crippen LogP contribution in [-0.4, -0.2) is 43.5 Å². The summed E-state index contributed by atoms with van der Waals surface area (Å²) in [5.41, 5.74) is 0.394. The Morgan fingerprint density at radius 3 is 2.73 bits per heavy atom. The van der Waals surface area contributed by atoms with Crippen LogP contribution in [0.4, 0.5) is 0 Å². The SMILES string of the molecule is CCOc1ccccc1C(=O)NCC(=O)N(C)CC(C)C#N. The predicted molar refractivity (Wildman–Crippen MR) is 82.4 cm³/mol. The molecule has 0 bridgehead atoms. The minimum absolute atomic E-state index is 0.117. The summed E-state index contributed by atoms with van der Waals surface area (Å²) in [5.74, 6) is -0.367. The van der Waals surface area contributed by atoms with Crippen molar-refractivity contribution in [2.24, 2.45) is 5.92 Å². The lowest BCUT2D eigenvalue weighted by molar-refractivity contribution is -0.129. The van der Waals surface area contributed by atoms with E-state index in [-0.39, 0.29) is 24.3 Å². The second-order valence-corrected chi connectivity index (χ2v) is 4.92. The highest BCUT2D eigenvalue weighted by atomic mass is 16.5. The van der Waals surface area contributed by atoms with Crippen molar-refractivity contribution < 1.29 is 14.3 Å². The average Bonchev–Trinajstić information content (AvgIpc) is 2.52. The Labute approximate surface area is 130 Å². The molecule has 1 atom stereocenters. The number of likely N-dealkylation sites (N-methyl/N-ethyl adjacent to an activating group) is 1. The van der Waals surface area contributed by atoms with Crippen LogP contribution in [0.3, 0.4) is 0 Å². The molecule has 0 aromatic heterocycles. The van der Waals surface area contributed by atoms with Gasteiger partial charge in [0.15, 0.2) is 0 Å². The molecule has 0 saturated carbocycles. The molecule has 1 N–H and O–H groups in total. The van der Waals surface area contributed by atoms with E-state index in [4.69, 9.17) is 10.00 Å². The van der Waals surface area contributed by atoms with Crippen molar-refractivity contribution in [3.63, 3.8) is 0 Å². The molecule has 6 nitrogen and oxygen atoms in total. The van der Waals surface area contributed by atoms with Gasteiger partial charge in [-0.3, -0.25) is 9.59 Å². The molecule has 6 heteroatoms. The summed E-state index contributed by atoms with van der Waals surface area (Å²) >= 11 is 0. The molecule has 0 aliphatic carbocycles. The molecular formula is C16H21N3O3. The van der Waals surface area contributed by atoms with E-state index < -0.39 is 0 Å². The van der Waals surface area contributed by atoms with E-state index in [2.05, 4.69) is 11.4 Å². The quantitative estimate of drug-likeness (QED) is 0.826. The van der Waals surface area contributed by atoms with Gasteiger partial charge in [-0.05, 0) is 26.0 Å². The number of nitrogens with one attached hydrogen (secondary N) is 1. The van der Waals surface area contributed by atoms with Crippen molar-refractivity contribution in [3.8, 4) is 11.8 Å². The number of hydrogen-bond acceptors (Lipinski definition) is 4. The number of carbonyl (C=O) groups is 2. The zero-order chi connectivity index (χ0) is 16.5. The van der Waals surface area contributed by atoms with E-state index >= 15 is 0 Å². The van der Waals surface area contributed by atoms with Gasteiger partial charge >= 0.3 is 0 Å². The van der Waals surface area contributed by atoms with Crippen molar-refractivity contribution in [2.75, 3.05) is 26.7 Å². The minimum Gasteiger partial charge on any atom is -0.493 e. The summed E-state index contributed by atoms with van der Waals surface area (Å²) in [6.45, 7) is 4.25. The number of benzene rings is 1. The summed E-state index contributed by atoms with van der Waals surface area (Å²) < 4.78 is 5.39. The lowest BCUT2D eigenvalue weighted by Gasteiger charge is -2.18. The van der Waals surface area contributed by atoms with Gasteiger partial charge in [0.05, 0.1) is 30.7 Å². The molecular weight excluding hydrogens is 282 g/mol. The molecule has 2 amide bonds. The zero-order valence-corrected chi connectivity index (χ0v) is 13.1. The monoisotopic (exact) mass is 303 g/mol. The molecule has 0 aliphatic heterocycles. The fourth-order valence-corrected chi connectivity index (χ4v) is 1.88. The van der Waals surface area contributed by atoms with Gasteiger partial charge < -0.3 is 15.0 Å². The van der Waals surface area contributed by atoms with Gasteiger partial charge in [-0.25, -0.2) is 0 Å². The molecule has 0 radical (unpaired) electrons. The van der Waals surface area contributed by atoms with Crippen molar-refractivity contribution in [1.82, 2.24) is 10.2 Å². The highest BCUT2D eigenvalue weighted by Crippen LogP contribution is 2.17. The maximum Gasteiger partial charge on any atom is 0.255 e. The second kappa shape index (κ2) is 8.67. The standard InChI is InChI=1S/C16H21N3O3/c1-4-22-14-8-6-5-7-13(14)16(21)18-10-15(20)19(3)11-12(2)9-17/h5-8,12H,4,10-11H2,1-3H3,(H,18,21). The zero-order valence-electron chi connectivity index (χ0n) is 13.1. The number of para-hydroxylation sites is 1. The lowest BCUT2D eigenvalue weighted by atomic mass is 10.2. The largest absolute Gasteiger partial charge is 0.493 e. The van der Waals surface area contributed by atoms with Crippen LogP contribution in [-0.2, 0) is 4.79 Å². The minimum atomic E-state index is -0.362. The van der Waals surface area contributed by atoms with Crippen LogP contribution in [0, 0.1) is 17.2 Å². The Bertz CT molecular complexity index is 566. The van der Waals surface area contributed by atoms with Crippen molar-refractivity contribution in [2.45, 2.75) is 13.8 Å². The summed E-state index contributed by atoms with van der Waals surface area (Å²) in [6.07, 6.45) is 0. The Kier molecular flexibility index (Phi) is 6.90. The fraction of sp³-hybridized carbons (Fsp3) is 0.438. The molecule has 0 spiro atoms. The van der Waals surface area contributed by atoms with Crippen molar-refractivity contribution in [1.29, 1.82) is 5.26 Å². The molecule has 1 aromatic rings. The molecule has 1 aromatic carbocycles. The Morgan fingerprint density at radius 1 is 1.41 bits per heavy atom. The topological polar surface area (TPSA) is 82.4 Å². The third-order valence-corrected chi connectivity index (χ3v) is 3.03. The number of nitriles is 1. The first-order valence-electron chi connectivity index (χ1n) is 7.13. The third-order valence-electron chi connectivity index (χ3n) is 3.03. The van der Waals surface area contributed by atoms with Gasteiger partial charge in [0.1, 0.15) is 5.75 Å². The first-order valence-corrected chi connectivity index (χ1v) is 7.13. The predicted octanol–water partition coefficient (Wildman–Crippen LogP) is 1.43. The van der Waals surface area contributed by atoms with Crippen LogP contribution in [0.1, 0.15) is 24.2 Å². The Morgan fingerprint density at radius 2 is 2.09 bits per heavy atom. The first-order chi connectivity index (χ1) is 10.5. The molecule has 0 fully saturated rings. The van der Waals surface area contributed by atoms with E-state index in [1.807, 2.05) is 6.92 Å². The van der Waals surface area contributed by atoms with E-state index in [1.54, 1.807) is 38.2 Å². The van der Waals surface area contributed by atoms with Crippen LogP contribution in [0.25, 0.3) is 0 Å². The number of carbonyl (C=O) groups excluding carboxylic acids is 2. The van der Waals surface area contributed by atoms with Gasteiger partial charge in [-0.2, -0.15) is 5.26 Å². The summed E-state index contributed by atoms with van der Waals surface area (Å²) in [7, 11) is 1.61. The van der Waals surface area contributed by atoms with E-state index in [0.29, 0.717) is 24.5 Å².